The van der Waals surface area contributed by atoms with Gasteiger partial charge in [0.1, 0.15) is 42.7 Å². The molecule has 0 radical (unpaired) electrons. The number of esters is 4. The number of hydrogen-bond acceptors (Lipinski definition) is 25. The first-order valence-corrected chi connectivity index (χ1v) is 43.0. The molecule has 4 amide bonds. The Labute approximate surface area is 692 Å². The number of carbonyl (C=O) groups is 10. The van der Waals surface area contributed by atoms with Crippen molar-refractivity contribution in [3.8, 4) is 41.1 Å². The highest BCUT2D eigenvalue weighted by molar-refractivity contribution is 6.74. The molecule has 4 heterocycles. The number of benzene rings is 4. The van der Waals surface area contributed by atoms with Gasteiger partial charge in [0, 0.05) is 103 Å². The maximum atomic E-state index is 15.0. The van der Waals surface area contributed by atoms with E-state index in [1.54, 1.807) is 81.1 Å². The Balaban J connectivity index is 0.983. The monoisotopic (exact) mass is 1660 g/mol. The van der Waals surface area contributed by atoms with Crippen LogP contribution in [0.4, 0.5) is 21.0 Å². The summed E-state index contributed by atoms with van der Waals surface area (Å²) >= 11 is 0. The molecular formula is C88H116N4O25Si. The number of aryl methyl sites for hydroxylation is 1. The van der Waals surface area contributed by atoms with Gasteiger partial charge in [-0.1, -0.05) is 64.8 Å². The number of terminal acetylenes is 1. The molecule has 0 bridgehead atoms. The van der Waals surface area contributed by atoms with Gasteiger partial charge in [0.05, 0.1) is 78.8 Å². The Bertz CT molecular complexity index is 4410. The van der Waals surface area contributed by atoms with E-state index in [2.05, 4.69) is 50.4 Å². The number of methoxy groups -OCH3 is 2. The highest BCUT2D eigenvalue weighted by Gasteiger charge is 2.50. The second-order valence-corrected chi connectivity index (χ2v) is 36.7. The number of hydrogen-bond donors (Lipinski definition) is 2. The van der Waals surface area contributed by atoms with Crippen LogP contribution in [0.2, 0.25) is 18.1 Å². The fourth-order valence-electron chi connectivity index (χ4n) is 13.9. The van der Waals surface area contributed by atoms with E-state index in [0.717, 1.165) is 11.1 Å². The minimum absolute atomic E-state index is 0.0335. The van der Waals surface area contributed by atoms with Crippen molar-refractivity contribution in [2.24, 2.45) is 11.8 Å². The number of unbranched alkanes of at least 4 members (excludes halogenated alkanes) is 2. The number of carbonyl (C=O) groups excluding carboxylic acids is 10. The van der Waals surface area contributed by atoms with Crippen molar-refractivity contribution in [2.45, 2.75) is 261 Å². The van der Waals surface area contributed by atoms with Gasteiger partial charge in [-0.3, -0.25) is 49.0 Å². The predicted octanol–water partition coefficient (Wildman–Crippen LogP) is 15.2. The molecule has 2 saturated heterocycles. The van der Waals surface area contributed by atoms with Gasteiger partial charge in [0.25, 0.3) is 11.8 Å². The van der Waals surface area contributed by atoms with Crippen molar-refractivity contribution in [3.05, 3.63) is 123 Å². The van der Waals surface area contributed by atoms with Crippen molar-refractivity contribution >= 4 is 79.1 Å². The van der Waals surface area contributed by atoms with E-state index >= 15 is 4.79 Å². The molecule has 2 N–H and O–H groups in total. The summed E-state index contributed by atoms with van der Waals surface area (Å²) in [6.45, 7) is 30.6. The lowest BCUT2D eigenvalue weighted by molar-refractivity contribution is -0.263. The van der Waals surface area contributed by atoms with Gasteiger partial charge < -0.3 is 80.5 Å². The molecule has 29 nitrogen and oxygen atoms in total. The van der Waals surface area contributed by atoms with Crippen molar-refractivity contribution in [1.82, 2.24) is 9.80 Å². The third kappa shape index (κ3) is 24.9. The number of nitrogens with one attached hydrogen (secondary N) is 2. The molecule has 12 atom stereocenters. The zero-order valence-corrected chi connectivity index (χ0v) is 72.3. The Morgan fingerprint density at radius 1 is 0.542 bits per heavy atom. The molecule has 4 aromatic carbocycles. The molecule has 8 rings (SSSR count). The summed E-state index contributed by atoms with van der Waals surface area (Å²) in [5, 5.41) is 5.47. The van der Waals surface area contributed by atoms with Crippen LogP contribution in [-0.2, 0) is 79.4 Å². The molecular weight excluding hydrogens is 1540 g/mol. The summed E-state index contributed by atoms with van der Waals surface area (Å²) in [6.07, 6.45) is 3.12. The van der Waals surface area contributed by atoms with Crippen molar-refractivity contribution in [2.75, 3.05) is 51.3 Å². The van der Waals surface area contributed by atoms with Gasteiger partial charge in [0.15, 0.2) is 31.4 Å². The third-order valence-corrected chi connectivity index (χ3v) is 26.1. The predicted molar refractivity (Wildman–Crippen MR) is 438 cm³/mol. The summed E-state index contributed by atoms with van der Waals surface area (Å²) in [7, 11) is 0.696. The summed E-state index contributed by atoms with van der Waals surface area (Å²) in [4.78, 5) is 139. The van der Waals surface area contributed by atoms with E-state index in [9.17, 15) is 43.2 Å². The van der Waals surface area contributed by atoms with Crippen LogP contribution in [0.1, 0.15) is 219 Å². The van der Waals surface area contributed by atoms with Crippen molar-refractivity contribution in [1.29, 1.82) is 0 Å². The molecule has 4 aliphatic heterocycles. The fourth-order valence-corrected chi connectivity index (χ4v) is 14.9. The van der Waals surface area contributed by atoms with Crippen LogP contribution in [0.5, 0.6) is 28.7 Å². The number of ketones is 2. The van der Waals surface area contributed by atoms with E-state index in [1.165, 1.54) is 78.3 Å². The highest BCUT2D eigenvalue weighted by atomic mass is 28.4. The van der Waals surface area contributed by atoms with Gasteiger partial charge in [-0.2, -0.15) is 0 Å². The largest absolute Gasteiger partial charge is 0.493 e. The van der Waals surface area contributed by atoms with E-state index in [-0.39, 0.29) is 138 Å². The maximum absolute atomic E-state index is 15.0. The van der Waals surface area contributed by atoms with Crippen LogP contribution in [-0.4, -0.2) is 179 Å². The minimum atomic E-state index is -2.26. The summed E-state index contributed by atoms with van der Waals surface area (Å²) in [6, 6.07) is 14.9. The molecule has 118 heavy (non-hydrogen) atoms. The minimum Gasteiger partial charge on any atom is -0.493 e. The molecule has 4 aliphatic rings. The lowest BCUT2D eigenvalue weighted by Crippen LogP contribution is -2.57. The maximum Gasteiger partial charge on any atom is 0.411 e. The zero-order valence-electron chi connectivity index (χ0n) is 71.3. The summed E-state index contributed by atoms with van der Waals surface area (Å²) in [5.41, 5.74) is 3.85. The lowest BCUT2D eigenvalue weighted by Gasteiger charge is -2.43. The second kappa shape index (κ2) is 42.4. The van der Waals surface area contributed by atoms with Gasteiger partial charge in [-0.05, 0) is 151 Å². The highest BCUT2D eigenvalue weighted by Crippen LogP contribution is 2.42. The van der Waals surface area contributed by atoms with Crippen LogP contribution < -0.4 is 34.3 Å². The zero-order chi connectivity index (χ0) is 86.6. The summed E-state index contributed by atoms with van der Waals surface area (Å²) < 4.78 is 89.7. The number of ether oxygens (including phenoxy) is 14. The molecule has 0 spiro atoms. The topological polar surface area (TPSA) is 340 Å². The Morgan fingerprint density at radius 3 is 1.45 bits per heavy atom. The Kier molecular flexibility index (Phi) is 33.5. The molecule has 4 aromatic rings. The number of nitrogens with zero attached hydrogens (tertiary/aromatic N) is 2. The average molecular weight is 1660 g/mol. The number of amides is 4. The molecule has 0 saturated carbocycles. The Morgan fingerprint density at radius 2 is 0.992 bits per heavy atom. The Hall–Kier alpha value is -10.3. The molecule has 0 aromatic heterocycles. The molecule has 0 aliphatic carbocycles. The van der Waals surface area contributed by atoms with Gasteiger partial charge in [0.2, 0.25) is 24.8 Å². The van der Waals surface area contributed by atoms with Gasteiger partial charge in [-0.25, -0.2) is 9.59 Å². The standard InChI is InChI=1S/C88H116N4O25Si/c1-21-23-28-71(97)67-40-61(30-32-73(67)116-84-80(114-59(12)95)78(112-57(10)93)53(6)55(8)110-84)47-107-86(101)89-69-43-75(52(5)39-65(69)82(99)92-46-51(4)38-64(92)49-109-118(19,20)88(14,15)16)105-35-25-24-26-36-106-77-44-70(66(42-76(77)104-18)83(100)91-45-50(3)37-63(91)22-2)90-87(102)108-48-62-31-33-74(68(41-62)72(98)29-27-34-103-17)117-85-81(115-60(13)96)79(113-58(11)94)54(7)56(9)111-85/h1,30-33,39-46,53-56,63-64,78-81,84-85H,22-29,34-38,47-49H2,2-20H3,(H,89,101)(H,90,102)/t53-,54?,55-,56-,63-,64+,78+,79+,80-,81?,84+,85+/m1/s1. The van der Waals surface area contributed by atoms with Crippen LogP contribution >= 0.6 is 0 Å². The SMILES string of the molecule is C#CCCC(=O)c1cc(COC(=O)Nc2cc(OCCCCCOc3cc(NC(=O)OCc4ccc(O[C@@H]5O[C@H](C)C(C)[C@H](OC(C)=O)C5OC(C)=O)c(C(=O)CCCOC)c4)c(C(=O)N4C=C(C)C[C@H]4CC)cc3OC)c(C)cc2C(=O)N2C=C(C)C[C@H]2CO[Si](C)(C)C(C)(C)C)ccc1O[C@@H]1O[C@H](C)[C@@H](C)[C@H](OC(C)=O)[C@H]1OC(C)=O. The first-order valence-electron chi connectivity index (χ1n) is 40.1. The number of rotatable bonds is 37. The second-order valence-electron chi connectivity index (χ2n) is 31.9. The smallest absolute Gasteiger partial charge is 0.411 e. The lowest BCUT2D eigenvalue weighted by atomic mass is 9.91. The van der Waals surface area contributed by atoms with E-state index in [1.807, 2.05) is 20.8 Å². The van der Waals surface area contributed by atoms with E-state index < -0.39 is 123 Å². The van der Waals surface area contributed by atoms with Crippen LogP contribution in [0.3, 0.4) is 0 Å². The first kappa shape index (κ1) is 93.2. The average Bonchev–Trinajstić information content (AvgIpc) is 1.11. The van der Waals surface area contributed by atoms with Crippen LogP contribution in [0.25, 0.3) is 0 Å². The van der Waals surface area contributed by atoms with E-state index in [4.69, 9.17) is 77.2 Å². The van der Waals surface area contributed by atoms with Crippen molar-refractivity contribution in [3.63, 3.8) is 0 Å². The first-order chi connectivity index (χ1) is 55.8. The molecule has 2 unspecified atom stereocenters. The van der Waals surface area contributed by atoms with Gasteiger partial charge in [-0.15, -0.1) is 12.3 Å². The van der Waals surface area contributed by atoms with Crippen molar-refractivity contribution < 1.29 is 119 Å². The summed E-state index contributed by atoms with van der Waals surface area (Å²) in [5.74, 6) is -1.62. The number of Topliss-reactive ketones (excluding diaryl/α,β-unsaturated/α-hetero) is 2. The molecule has 642 valence electrons. The van der Waals surface area contributed by atoms with Crippen LogP contribution in [0, 0.1) is 31.1 Å². The number of anilines is 2. The molecule has 2 fully saturated rings. The van der Waals surface area contributed by atoms with Gasteiger partial charge >= 0.3 is 36.1 Å². The third-order valence-electron chi connectivity index (χ3n) is 21.6. The quantitative estimate of drug-likeness (QED) is 0.0106. The normalized spacial score (nSPS) is 21.6. The van der Waals surface area contributed by atoms with Crippen LogP contribution in [0.15, 0.2) is 84.2 Å². The van der Waals surface area contributed by atoms with E-state index in [0.29, 0.717) is 67.4 Å². The molecule has 30 heteroatoms. The fraction of sp³-hybridized carbons (Fsp3) is 0.545.